The van der Waals surface area contributed by atoms with E-state index in [-0.39, 0.29) is 0 Å². The van der Waals surface area contributed by atoms with Gasteiger partial charge in [0.25, 0.3) is 0 Å². The van der Waals surface area contributed by atoms with Gasteiger partial charge in [0.15, 0.2) is 0 Å². The van der Waals surface area contributed by atoms with E-state index in [4.69, 9.17) is 4.74 Å². The molecular formula is C18H21NO2S. The van der Waals surface area contributed by atoms with Gasteiger partial charge in [-0.05, 0) is 54.7 Å². The third-order valence-electron chi connectivity index (χ3n) is 2.67. The van der Waals surface area contributed by atoms with Crippen molar-refractivity contribution < 1.29 is 9.53 Å². The van der Waals surface area contributed by atoms with E-state index in [1.54, 1.807) is 29.7 Å². The minimum absolute atomic E-state index is 0.610. The summed E-state index contributed by atoms with van der Waals surface area (Å²) < 4.78 is 5.73. The molecule has 0 saturated heterocycles. The summed E-state index contributed by atoms with van der Waals surface area (Å²) in [4.78, 5) is 11.3. The van der Waals surface area contributed by atoms with Crippen LogP contribution in [-0.4, -0.2) is 13.0 Å². The minimum Gasteiger partial charge on any atom is -0.494 e. The molecule has 0 aliphatic carbocycles. The monoisotopic (exact) mass is 315 g/mol. The van der Waals surface area contributed by atoms with Crippen LogP contribution < -0.4 is 5.32 Å². The molecule has 0 saturated carbocycles. The Balaban J connectivity index is 2.98. The maximum absolute atomic E-state index is 10.2. The fourth-order valence-electron chi connectivity index (χ4n) is 1.68. The molecule has 1 aromatic heterocycles. The van der Waals surface area contributed by atoms with E-state index in [1.165, 1.54) is 0 Å². The van der Waals surface area contributed by atoms with Crippen LogP contribution in [-0.2, 0) is 9.53 Å². The molecule has 0 radical (unpaired) electrons. The zero-order chi connectivity index (χ0) is 16.2. The largest absolute Gasteiger partial charge is 0.494 e. The first kappa shape index (κ1) is 17.7. The van der Waals surface area contributed by atoms with Crippen molar-refractivity contribution in [2.75, 3.05) is 6.61 Å². The number of ether oxygens (including phenoxy) is 1. The number of thiophene rings is 1. The van der Waals surface area contributed by atoms with Crippen LogP contribution in [0.4, 0.5) is 0 Å². The molecule has 0 spiro atoms. The lowest BCUT2D eigenvalue weighted by atomic mass is 10.1. The maximum Gasteiger partial charge on any atom is 0.211 e. The molecule has 1 amide bonds. The van der Waals surface area contributed by atoms with Gasteiger partial charge in [0.2, 0.25) is 6.41 Å². The van der Waals surface area contributed by atoms with Crippen LogP contribution in [0.1, 0.15) is 18.7 Å². The van der Waals surface area contributed by atoms with E-state index < -0.39 is 0 Å². The molecule has 0 aliphatic heterocycles. The number of nitrogens with one attached hydrogen (secondary N) is 1. The van der Waals surface area contributed by atoms with Crippen LogP contribution in [0, 0.1) is 0 Å². The Bertz CT molecular complexity index is 593. The Hall–Kier alpha value is -2.33. The molecule has 1 aromatic rings. The molecular weight excluding hydrogens is 294 g/mol. The van der Waals surface area contributed by atoms with E-state index in [1.807, 2.05) is 43.5 Å². The first-order valence-electron chi connectivity index (χ1n) is 6.97. The molecule has 22 heavy (non-hydrogen) atoms. The number of allylic oxidation sites excluding steroid dienone is 6. The highest BCUT2D eigenvalue weighted by Gasteiger charge is 2.02. The quantitative estimate of drug-likeness (QED) is 0.415. The summed E-state index contributed by atoms with van der Waals surface area (Å²) >= 11 is 1.67. The van der Waals surface area contributed by atoms with Crippen molar-refractivity contribution in [1.82, 2.24) is 5.32 Å². The molecule has 0 atom stereocenters. The predicted octanol–water partition coefficient (Wildman–Crippen LogP) is 4.44. The standard InChI is InChI=1S/C18H21NO2S/c1-4-16(8-6-10-19-14-20)12-15(3)18(21-5-2)13-17-9-7-11-22-17/h4,6-14H,1,5H2,2-3H3,(H,19,20)/b10-6+,15-12+,16-8-,18-13-. The Morgan fingerprint density at radius 3 is 2.91 bits per heavy atom. The van der Waals surface area contributed by atoms with Crippen LogP contribution in [0.2, 0.25) is 0 Å². The maximum atomic E-state index is 10.2. The van der Waals surface area contributed by atoms with Crippen LogP contribution >= 0.6 is 11.3 Å². The fourth-order valence-corrected chi connectivity index (χ4v) is 2.32. The van der Waals surface area contributed by atoms with Crippen molar-refractivity contribution in [2.45, 2.75) is 13.8 Å². The Morgan fingerprint density at radius 2 is 2.32 bits per heavy atom. The molecule has 1 heterocycles. The second-order valence-corrected chi connectivity index (χ2v) is 5.28. The molecule has 1 rings (SSSR count). The number of hydrogen-bond acceptors (Lipinski definition) is 3. The highest BCUT2D eigenvalue weighted by atomic mass is 32.1. The van der Waals surface area contributed by atoms with Gasteiger partial charge in [-0.1, -0.05) is 24.8 Å². The number of hydrogen-bond donors (Lipinski definition) is 1. The lowest BCUT2D eigenvalue weighted by Crippen LogP contribution is -1.97. The molecule has 4 heteroatoms. The first-order chi connectivity index (χ1) is 10.7. The topological polar surface area (TPSA) is 38.3 Å². The Kier molecular flexibility index (Phi) is 8.38. The lowest BCUT2D eigenvalue weighted by molar-refractivity contribution is -0.108. The summed E-state index contributed by atoms with van der Waals surface area (Å²) in [5, 5.41) is 4.49. The van der Waals surface area contributed by atoms with Gasteiger partial charge in [0.05, 0.1) is 6.61 Å². The summed E-state index contributed by atoms with van der Waals surface area (Å²) in [7, 11) is 0. The fraction of sp³-hybridized carbons (Fsp3) is 0.167. The van der Waals surface area contributed by atoms with Gasteiger partial charge in [-0.15, -0.1) is 11.3 Å². The van der Waals surface area contributed by atoms with Gasteiger partial charge >= 0.3 is 0 Å². The van der Waals surface area contributed by atoms with E-state index >= 15 is 0 Å². The Labute approximate surface area is 136 Å². The van der Waals surface area contributed by atoms with Crippen molar-refractivity contribution >= 4 is 23.8 Å². The van der Waals surface area contributed by atoms with Gasteiger partial charge in [0, 0.05) is 11.1 Å². The van der Waals surface area contributed by atoms with Gasteiger partial charge in [-0.2, -0.15) is 0 Å². The number of amides is 1. The molecule has 0 aliphatic rings. The van der Waals surface area contributed by atoms with Crippen LogP contribution in [0.15, 0.2) is 71.5 Å². The van der Waals surface area contributed by atoms with E-state index in [0.29, 0.717) is 13.0 Å². The first-order valence-corrected chi connectivity index (χ1v) is 7.84. The highest BCUT2D eigenvalue weighted by molar-refractivity contribution is 7.10. The van der Waals surface area contributed by atoms with Crippen molar-refractivity contribution in [3.63, 3.8) is 0 Å². The third-order valence-corrected chi connectivity index (χ3v) is 3.49. The normalized spacial score (nSPS) is 13.3. The van der Waals surface area contributed by atoms with E-state index in [2.05, 4.69) is 18.0 Å². The molecule has 0 unspecified atom stereocenters. The number of carbonyl (C=O) groups is 1. The second-order valence-electron chi connectivity index (χ2n) is 4.30. The van der Waals surface area contributed by atoms with Gasteiger partial charge in [-0.3, -0.25) is 4.79 Å². The third kappa shape index (κ3) is 6.41. The highest BCUT2D eigenvalue weighted by Crippen LogP contribution is 2.20. The van der Waals surface area contributed by atoms with Crippen LogP contribution in [0.25, 0.3) is 6.08 Å². The summed E-state index contributed by atoms with van der Waals surface area (Å²) in [6, 6.07) is 4.06. The molecule has 3 nitrogen and oxygen atoms in total. The van der Waals surface area contributed by atoms with Gasteiger partial charge < -0.3 is 10.1 Å². The van der Waals surface area contributed by atoms with Gasteiger partial charge in [-0.25, -0.2) is 0 Å². The summed E-state index contributed by atoms with van der Waals surface area (Å²) in [5.41, 5.74) is 1.94. The average Bonchev–Trinajstić information content (AvgIpc) is 3.02. The average molecular weight is 315 g/mol. The molecule has 0 fully saturated rings. The SMILES string of the molecule is C=CC(=C/C=C/NC=O)/C=C(C)/C(=C/c1cccs1)OCC. The lowest BCUT2D eigenvalue weighted by Gasteiger charge is -2.09. The zero-order valence-corrected chi connectivity index (χ0v) is 13.7. The van der Waals surface area contributed by atoms with Crippen molar-refractivity contribution in [2.24, 2.45) is 0 Å². The van der Waals surface area contributed by atoms with Crippen molar-refractivity contribution in [1.29, 1.82) is 0 Å². The van der Waals surface area contributed by atoms with E-state index in [0.717, 1.165) is 21.8 Å². The van der Waals surface area contributed by atoms with Gasteiger partial charge in [0.1, 0.15) is 5.76 Å². The predicted molar refractivity (Wildman–Crippen MR) is 94.3 cm³/mol. The molecule has 0 bridgehead atoms. The molecule has 0 aromatic carbocycles. The molecule has 1 N–H and O–H groups in total. The summed E-state index contributed by atoms with van der Waals surface area (Å²) in [6.45, 7) is 8.37. The van der Waals surface area contributed by atoms with Crippen molar-refractivity contribution in [3.05, 3.63) is 76.4 Å². The minimum atomic E-state index is 0.610. The zero-order valence-electron chi connectivity index (χ0n) is 12.9. The number of rotatable bonds is 9. The van der Waals surface area contributed by atoms with Crippen LogP contribution in [0.5, 0.6) is 0 Å². The summed E-state index contributed by atoms with van der Waals surface area (Å²) in [6.07, 6.45) is 11.6. The second kappa shape index (κ2) is 10.4. The number of carbonyl (C=O) groups excluding carboxylic acids is 1. The molecule has 116 valence electrons. The van der Waals surface area contributed by atoms with Crippen LogP contribution in [0.3, 0.4) is 0 Å². The Morgan fingerprint density at radius 1 is 1.50 bits per heavy atom. The smallest absolute Gasteiger partial charge is 0.211 e. The van der Waals surface area contributed by atoms with E-state index in [9.17, 15) is 4.79 Å². The van der Waals surface area contributed by atoms with Crippen molar-refractivity contribution in [3.8, 4) is 0 Å². The summed E-state index contributed by atoms with van der Waals surface area (Å²) in [5.74, 6) is 0.840.